The molecule has 1 aliphatic carbocycles. The van der Waals surface area contributed by atoms with Crippen LogP contribution >= 0.6 is 0 Å². The lowest BCUT2D eigenvalue weighted by molar-refractivity contribution is 0.0728. The van der Waals surface area contributed by atoms with Gasteiger partial charge >= 0.3 is 23.7 Å². The highest BCUT2D eigenvalue weighted by Gasteiger charge is 2.30. The molecule has 2 N–H and O–H groups in total. The van der Waals surface area contributed by atoms with Crippen molar-refractivity contribution in [2.75, 3.05) is 32.8 Å². The van der Waals surface area contributed by atoms with E-state index < -0.39 is 17.6 Å². The predicted octanol–water partition coefficient (Wildman–Crippen LogP) is 2.03. The van der Waals surface area contributed by atoms with Gasteiger partial charge in [-0.2, -0.15) is 8.42 Å². The first-order valence-electron chi connectivity index (χ1n) is 12.1. The van der Waals surface area contributed by atoms with Gasteiger partial charge in [-0.1, -0.05) is 58.5 Å². The highest BCUT2D eigenvalue weighted by atomic mass is 32.3. The van der Waals surface area contributed by atoms with E-state index in [-0.39, 0.29) is 29.8 Å². The molecule has 3 aromatic rings. The van der Waals surface area contributed by atoms with Gasteiger partial charge in [0.05, 0.1) is 0 Å². The standard InChI is InChI=1S/C26H26BFN2O7S/c28-38(34,35)37-20-14-18(13-19(15-20)27(32)33)16-29-9-11-30(12-10-29)26(31)36-17-25-23-7-3-1-5-21(23)22-6-2-4-8-24(22)25/h1-8,13-15,25,32-33H,9-12,16-17H2. The minimum Gasteiger partial charge on any atom is -0.448 e. The van der Waals surface area contributed by atoms with Crippen LogP contribution in [0.1, 0.15) is 22.6 Å². The Kier molecular flexibility index (Phi) is 7.39. The number of hydrogen-bond acceptors (Lipinski definition) is 8. The molecule has 0 saturated carbocycles. The Balaban J connectivity index is 1.18. The number of carbonyl (C=O) groups excluding carboxylic acids is 1. The second-order valence-corrected chi connectivity index (χ2v) is 10.3. The third-order valence-corrected chi connectivity index (χ3v) is 7.25. The summed E-state index contributed by atoms with van der Waals surface area (Å²) in [5.74, 6) is -0.378. The number of fused-ring (bicyclic) bond motifs is 3. The van der Waals surface area contributed by atoms with Gasteiger partial charge in [0.25, 0.3) is 0 Å². The quantitative estimate of drug-likeness (QED) is 0.346. The molecule has 0 radical (unpaired) electrons. The van der Waals surface area contributed by atoms with Crippen molar-refractivity contribution in [2.24, 2.45) is 0 Å². The van der Waals surface area contributed by atoms with Crippen molar-refractivity contribution in [1.29, 1.82) is 0 Å². The summed E-state index contributed by atoms with van der Waals surface area (Å²) in [6, 6.07) is 20.1. The smallest absolute Gasteiger partial charge is 0.448 e. The lowest BCUT2D eigenvalue weighted by Gasteiger charge is -2.34. The molecule has 5 rings (SSSR count). The number of hydrogen-bond donors (Lipinski definition) is 2. The zero-order valence-corrected chi connectivity index (χ0v) is 21.2. The summed E-state index contributed by atoms with van der Waals surface area (Å²) in [6.45, 7) is 2.40. The second-order valence-electron chi connectivity index (χ2n) is 9.33. The van der Waals surface area contributed by atoms with E-state index in [1.165, 1.54) is 12.1 Å². The summed E-state index contributed by atoms with van der Waals surface area (Å²) in [5.41, 5.74) is 5.08. The van der Waals surface area contributed by atoms with Crippen LogP contribution in [0.25, 0.3) is 11.1 Å². The Morgan fingerprint density at radius 3 is 2.13 bits per heavy atom. The number of halogens is 1. The Labute approximate surface area is 220 Å². The van der Waals surface area contributed by atoms with Crippen LogP contribution in [0.4, 0.5) is 8.68 Å². The molecule has 38 heavy (non-hydrogen) atoms. The van der Waals surface area contributed by atoms with Crippen LogP contribution in [0.2, 0.25) is 0 Å². The van der Waals surface area contributed by atoms with Crippen molar-refractivity contribution >= 4 is 29.2 Å². The topological polar surface area (TPSA) is 117 Å². The maximum atomic E-state index is 13.0. The van der Waals surface area contributed by atoms with E-state index in [1.54, 1.807) is 4.90 Å². The van der Waals surface area contributed by atoms with Gasteiger partial charge < -0.3 is 23.9 Å². The van der Waals surface area contributed by atoms with Crippen molar-refractivity contribution < 1.29 is 36.1 Å². The first-order valence-corrected chi connectivity index (χ1v) is 13.4. The fourth-order valence-corrected chi connectivity index (χ4v) is 5.45. The third kappa shape index (κ3) is 5.83. The average molecular weight is 540 g/mol. The minimum absolute atomic E-state index is 0.0219. The van der Waals surface area contributed by atoms with Crippen LogP contribution in [-0.4, -0.2) is 74.3 Å². The van der Waals surface area contributed by atoms with Crippen molar-refractivity contribution in [3.8, 4) is 16.9 Å². The maximum absolute atomic E-state index is 13.0. The number of rotatable bonds is 7. The number of carbonyl (C=O) groups is 1. The van der Waals surface area contributed by atoms with E-state index in [0.717, 1.165) is 28.3 Å². The first-order chi connectivity index (χ1) is 18.2. The molecule has 0 spiro atoms. The van der Waals surface area contributed by atoms with Gasteiger partial charge in [-0.15, -0.1) is 0 Å². The van der Waals surface area contributed by atoms with Crippen molar-refractivity contribution in [3.63, 3.8) is 0 Å². The molecule has 9 nitrogen and oxygen atoms in total. The van der Waals surface area contributed by atoms with Gasteiger partial charge in [-0.25, -0.2) is 4.79 Å². The van der Waals surface area contributed by atoms with Crippen LogP contribution in [0.3, 0.4) is 0 Å². The lowest BCUT2D eigenvalue weighted by Crippen LogP contribution is -2.48. The lowest BCUT2D eigenvalue weighted by atomic mass is 9.79. The van der Waals surface area contributed by atoms with Crippen molar-refractivity contribution in [1.82, 2.24) is 9.80 Å². The van der Waals surface area contributed by atoms with Gasteiger partial charge in [0.2, 0.25) is 0 Å². The SMILES string of the molecule is O=C(OCC1c2ccccc2-c2ccccc21)N1CCN(Cc2cc(OS(=O)(=O)F)cc(B(O)O)c2)CC1. The van der Waals surface area contributed by atoms with Gasteiger partial charge in [0.15, 0.2) is 0 Å². The van der Waals surface area contributed by atoms with E-state index in [2.05, 4.69) is 28.4 Å². The van der Waals surface area contributed by atoms with E-state index in [9.17, 15) is 27.1 Å². The molecule has 2 aliphatic rings. The molecular weight excluding hydrogens is 514 g/mol. The molecule has 0 unspecified atom stereocenters. The average Bonchev–Trinajstić information content (AvgIpc) is 3.20. The Morgan fingerprint density at radius 1 is 0.947 bits per heavy atom. The molecule has 1 heterocycles. The van der Waals surface area contributed by atoms with Crippen LogP contribution in [0, 0.1) is 0 Å². The molecule has 0 atom stereocenters. The predicted molar refractivity (Wildman–Crippen MR) is 139 cm³/mol. The monoisotopic (exact) mass is 540 g/mol. The molecule has 12 heteroatoms. The van der Waals surface area contributed by atoms with E-state index in [0.29, 0.717) is 38.3 Å². The molecule has 0 bridgehead atoms. The minimum atomic E-state index is -5.27. The van der Waals surface area contributed by atoms with E-state index in [1.807, 2.05) is 29.2 Å². The number of nitrogens with zero attached hydrogens (tertiary/aromatic N) is 2. The number of piperazine rings is 1. The summed E-state index contributed by atoms with van der Waals surface area (Å²) < 4.78 is 44.7. The molecule has 1 aliphatic heterocycles. The summed E-state index contributed by atoms with van der Waals surface area (Å²) in [6.07, 6.45) is -0.388. The summed E-state index contributed by atoms with van der Waals surface area (Å²) in [4.78, 5) is 16.5. The Morgan fingerprint density at radius 2 is 1.55 bits per heavy atom. The summed E-state index contributed by atoms with van der Waals surface area (Å²) in [5, 5.41) is 19.0. The Bertz CT molecular complexity index is 1400. The molecular formula is C26H26BFN2O7S. The fourth-order valence-electron chi connectivity index (χ4n) is 5.12. The summed E-state index contributed by atoms with van der Waals surface area (Å²) in [7, 11) is -7.15. The van der Waals surface area contributed by atoms with Crippen LogP contribution in [-0.2, 0) is 21.8 Å². The number of amides is 1. The molecule has 1 amide bonds. The van der Waals surface area contributed by atoms with Gasteiger partial charge in [-0.05, 0) is 45.4 Å². The van der Waals surface area contributed by atoms with Crippen molar-refractivity contribution in [3.05, 3.63) is 83.4 Å². The molecule has 1 fully saturated rings. The van der Waals surface area contributed by atoms with Crippen molar-refractivity contribution in [2.45, 2.75) is 12.5 Å². The van der Waals surface area contributed by atoms with Crippen LogP contribution in [0.15, 0.2) is 66.7 Å². The molecule has 3 aromatic carbocycles. The molecule has 198 valence electrons. The third-order valence-electron chi connectivity index (χ3n) is 6.86. The zero-order chi connectivity index (χ0) is 26.9. The van der Waals surface area contributed by atoms with E-state index >= 15 is 0 Å². The van der Waals surface area contributed by atoms with Crippen LogP contribution in [0.5, 0.6) is 5.75 Å². The van der Waals surface area contributed by atoms with E-state index in [4.69, 9.17) is 4.74 Å². The largest absolute Gasteiger partial charge is 0.488 e. The second kappa shape index (κ2) is 10.7. The van der Waals surface area contributed by atoms with Gasteiger partial charge in [0, 0.05) is 38.6 Å². The summed E-state index contributed by atoms with van der Waals surface area (Å²) >= 11 is 0. The highest BCUT2D eigenvalue weighted by molar-refractivity contribution is 7.81. The molecule has 1 saturated heterocycles. The normalized spacial score (nSPS) is 15.6. The van der Waals surface area contributed by atoms with Crippen LogP contribution < -0.4 is 9.65 Å². The Hall–Kier alpha value is -3.45. The van der Waals surface area contributed by atoms with Gasteiger partial charge in [-0.3, -0.25) is 4.90 Å². The zero-order valence-electron chi connectivity index (χ0n) is 20.4. The highest BCUT2D eigenvalue weighted by Crippen LogP contribution is 2.44. The molecule has 0 aromatic heterocycles. The fraction of sp³-hybridized carbons (Fsp3) is 0.269. The number of benzene rings is 3. The maximum Gasteiger partial charge on any atom is 0.488 e. The van der Waals surface area contributed by atoms with Gasteiger partial charge in [0.1, 0.15) is 12.4 Å². The first kappa shape index (κ1) is 26.2. The number of ether oxygens (including phenoxy) is 1.